The van der Waals surface area contributed by atoms with E-state index in [0.29, 0.717) is 25.3 Å². The van der Waals surface area contributed by atoms with Crippen LogP contribution < -0.4 is 5.32 Å². The Morgan fingerprint density at radius 2 is 2.10 bits per heavy atom. The topological polar surface area (TPSA) is 62.3 Å². The number of nitrogens with one attached hydrogen (secondary N) is 1. The predicted molar refractivity (Wildman–Crippen MR) is 80.6 cm³/mol. The molecule has 2 heterocycles. The maximum absolute atomic E-state index is 12.9. The summed E-state index contributed by atoms with van der Waals surface area (Å²) in [6, 6.07) is -0.323. The van der Waals surface area contributed by atoms with Crippen molar-refractivity contribution in [3.63, 3.8) is 0 Å². The van der Waals surface area contributed by atoms with Crippen LogP contribution in [-0.4, -0.2) is 33.3 Å². The van der Waals surface area contributed by atoms with Gasteiger partial charge in [0, 0.05) is 11.1 Å². The van der Waals surface area contributed by atoms with E-state index in [-0.39, 0.29) is 17.9 Å². The molecule has 2 amide bonds. The van der Waals surface area contributed by atoms with Gasteiger partial charge in [-0.2, -0.15) is 0 Å². The second-order valence-electron chi connectivity index (χ2n) is 5.92. The molecule has 1 unspecified atom stereocenters. The Morgan fingerprint density at radius 1 is 1.38 bits per heavy atom. The molecule has 1 aromatic rings. The maximum Gasteiger partial charge on any atom is 0.246 e. The summed E-state index contributed by atoms with van der Waals surface area (Å²) in [6.45, 7) is 4.45. The molecule has 1 aliphatic carbocycles. The molecule has 3 rings (SSSR count). The lowest BCUT2D eigenvalue weighted by atomic mass is 9.85. The summed E-state index contributed by atoms with van der Waals surface area (Å²) in [7, 11) is 0. The highest BCUT2D eigenvalue weighted by Crippen LogP contribution is 2.39. The number of hydrogen-bond donors (Lipinski definition) is 1. The first-order chi connectivity index (χ1) is 10.1. The van der Waals surface area contributed by atoms with Crippen molar-refractivity contribution in [1.29, 1.82) is 0 Å². The van der Waals surface area contributed by atoms with Crippen LogP contribution in [0.1, 0.15) is 44.4 Å². The molecule has 2 aliphatic rings. The number of nitrogens with zero attached hydrogens (tertiary/aromatic N) is 2. The molecule has 21 heavy (non-hydrogen) atoms. The van der Waals surface area contributed by atoms with E-state index in [9.17, 15) is 9.59 Å². The third kappa shape index (κ3) is 2.35. The van der Waals surface area contributed by atoms with E-state index >= 15 is 0 Å². The van der Waals surface area contributed by atoms with Crippen molar-refractivity contribution >= 4 is 23.2 Å². The lowest BCUT2D eigenvalue weighted by Crippen LogP contribution is -2.70. The minimum absolute atomic E-state index is 0.00788. The summed E-state index contributed by atoms with van der Waals surface area (Å²) < 4.78 is 0. The van der Waals surface area contributed by atoms with Crippen LogP contribution in [0.15, 0.2) is 11.7 Å². The molecule has 1 saturated carbocycles. The van der Waals surface area contributed by atoms with Crippen molar-refractivity contribution in [3.8, 4) is 0 Å². The molecule has 0 radical (unpaired) electrons. The number of aromatic nitrogens is 1. The van der Waals surface area contributed by atoms with Gasteiger partial charge in [-0.05, 0) is 31.6 Å². The Labute approximate surface area is 128 Å². The van der Waals surface area contributed by atoms with Crippen LogP contribution >= 0.6 is 11.3 Å². The number of carbonyl (C=O) groups is 2. The van der Waals surface area contributed by atoms with Crippen molar-refractivity contribution in [2.24, 2.45) is 5.92 Å². The number of thiazole rings is 1. The van der Waals surface area contributed by atoms with Crippen LogP contribution in [0.3, 0.4) is 0 Å². The Hall–Kier alpha value is -1.43. The van der Waals surface area contributed by atoms with Gasteiger partial charge in [-0.25, -0.2) is 0 Å². The van der Waals surface area contributed by atoms with E-state index in [1.54, 1.807) is 11.7 Å². The molecule has 1 N–H and O–H groups in total. The summed E-state index contributed by atoms with van der Waals surface area (Å²) >= 11 is 1.53. The van der Waals surface area contributed by atoms with Gasteiger partial charge in [0.1, 0.15) is 11.6 Å². The number of rotatable bonds is 5. The Balaban J connectivity index is 1.94. The number of amides is 2. The molecular weight excluding hydrogens is 286 g/mol. The SMILES string of the molecule is CCC1(CC)C(=O)NC(C2CC2)C(=O)N1Cc1cncs1. The molecule has 6 heteroatoms. The summed E-state index contributed by atoms with van der Waals surface area (Å²) in [4.78, 5) is 32.5. The van der Waals surface area contributed by atoms with Crippen LogP contribution in [0.4, 0.5) is 0 Å². The molecule has 1 atom stereocenters. The largest absolute Gasteiger partial charge is 0.342 e. The van der Waals surface area contributed by atoms with E-state index in [4.69, 9.17) is 0 Å². The second kappa shape index (κ2) is 5.40. The normalized spacial score (nSPS) is 25.0. The van der Waals surface area contributed by atoms with Crippen molar-refractivity contribution in [2.45, 2.75) is 57.7 Å². The molecular formula is C15H21N3O2S. The van der Waals surface area contributed by atoms with Gasteiger partial charge in [0.25, 0.3) is 0 Å². The molecule has 114 valence electrons. The smallest absolute Gasteiger partial charge is 0.246 e. The van der Waals surface area contributed by atoms with Crippen LogP contribution in [0.2, 0.25) is 0 Å². The van der Waals surface area contributed by atoms with Crippen molar-refractivity contribution < 1.29 is 9.59 Å². The lowest BCUT2D eigenvalue weighted by molar-refractivity contribution is -0.159. The highest BCUT2D eigenvalue weighted by molar-refractivity contribution is 7.09. The fourth-order valence-corrected chi connectivity index (χ4v) is 3.83. The zero-order valence-corrected chi connectivity index (χ0v) is 13.3. The minimum atomic E-state index is -0.716. The minimum Gasteiger partial charge on any atom is -0.342 e. The van der Waals surface area contributed by atoms with Crippen LogP contribution in [0.5, 0.6) is 0 Å². The maximum atomic E-state index is 12.9. The zero-order chi connectivity index (χ0) is 15.0. The van der Waals surface area contributed by atoms with Gasteiger partial charge in [-0.1, -0.05) is 13.8 Å². The highest BCUT2D eigenvalue weighted by atomic mass is 32.1. The van der Waals surface area contributed by atoms with E-state index in [0.717, 1.165) is 17.7 Å². The van der Waals surface area contributed by atoms with Gasteiger partial charge >= 0.3 is 0 Å². The molecule has 2 fully saturated rings. The molecule has 0 spiro atoms. The monoisotopic (exact) mass is 307 g/mol. The Kier molecular flexibility index (Phi) is 3.73. The van der Waals surface area contributed by atoms with E-state index in [1.165, 1.54) is 11.3 Å². The van der Waals surface area contributed by atoms with Gasteiger partial charge in [-0.15, -0.1) is 11.3 Å². The molecule has 5 nitrogen and oxygen atoms in total. The average Bonchev–Trinajstić information content (AvgIpc) is 3.20. The summed E-state index contributed by atoms with van der Waals surface area (Å²) in [5, 5.41) is 2.99. The third-order valence-corrected chi connectivity index (χ3v) is 5.58. The van der Waals surface area contributed by atoms with Crippen molar-refractivity contribution in [1.82, 2.24) is 15.2 Å². The fraction of sp³-hybridized carbons (Fsp3) is 0.667. The Bertz CT molecular complexity index is 535. The molecule has 1 aromatic heterocycles. The van der Waals surface area contributed by atoms with Gasteiger partial charge < -0.3 is 10.2 Å². The fourth-order valence-electron chi connectivity index (χ4n) is 3.25. The quantitative estimate of drug-likeness (QED) is 0.904. The van der Waals surface area contributed by atoms with Crippen LogP contribution in [0, 0.1) is 5.92 Å². The Morgan fingerprint density at radius 3 is 2.62 bits per heavy atom. The summed E-state index contributed by atoms with van der Waals surface area (Å²) in [6.07, 6.45) is 5.13. The van der Waals surface area contributed by atoms with E-state index in [2.05, 4.69) is 10.3 Å². The predicted octanol–water partition coefficient (Wildman–Crippen LogP) is 1.94. The second-order valence-corrected chi connectivity index (χ2v) is 6.89. The first-order valence-corrected chi connectivity index (χ1v) is 8.50. The number of hydrogen-bond acceptors (Lipinski definition) is 4. The van der Waals surface area contributed by atoms with Gasteiger partial charge in [0.15, 0.2) is 0 Å². The zero-order valence-electron chi connectivity index (χ0n) is 12.5. The van der Waals surface area contributed by atoms with E-state index in [1.807, 2.05) is 18.7 Å². The number of carbonyl (C=O) groups excluding carboxylic acids is 2. The summed E-state index contributed by atoms with van der Waals surface area (Å²) in [5.74, 6) is 0.417. The van der Waals surface area contributed by atoms with Crippen LogP contribution in [-0.2, 0) is 16.1 Å². The average molecular weight is 307 g/mol. The molecule has 1 saturated heterocycles. The first-order valence-electron chi connectivity index (χ1n) is 7.62. The summed E-state index contributed by atoms with van der Waals surface area (Å²) in [5.41, 5.74) is 1.05. The van der Waals surface area contributed by atoms with Crippen LogP contribution in [0.25, 0.3) is 0 Å². The lowest BCUT2D eigenvalue weighted by Gasteiger charge is -2.47. The van der Waals surface area contributed by atoms with E-state index < -0.39 is 5.54 Å². The van der Waals surface area contributed by atoms with Gasteiger partial charge in [0.2, 0.25) is 11.8 Å². The highest BCUT2D eigenvalue weighted by Gasteiger charge is 2.53. The van der Waals surface area contributed by atoms with Crippen molar-refractivity contribution in [3.05, 3.63) is 16.6 Å². The number of piperazine rings is 1. The van der Waals surface area contributed by atoms with Crippen molar-refractivity contribution in [2.75, 3.05) is 0 Å². The third-order valence-electron chi connectivity index (χ3n) is 4.82. The molecule has 0 bridgehead atoms. The molecule has 0 aromatic carbocycles. The van der Waals surface area contributed by atoms with Gasteiger partial charge in [0.05, 0.1) is 12.1 Å². The standard InChI is InChI=1S/C15H21N3O2S/c1-3-15(4-2)14(20)17-12(10-5-6-10)13(19)18(15)8-11-7-16-9-21-11/h7,9-10,12H,3-6,8H2,1-2H3,(H,17,20). The van der Waals surface area contributed by atoms with Gasteiger partial charge in [-0.3, -0.25) is 14.6 Å². The molecule has 1 aliphatic heterocycles. The first kappa shape index (κ1) is 14.5.